The van der Waals surface area contributed by atoms with Crippen LogP contribution in [-0.2, 0) is 14.3 Å². The molecule has 0 bridgehead atoms. The number of hydrogen-bond donors (Lipinski definition) is 3. The lowest BCUT2D eigenvalue weighted by Gasteiger charge is -2.20. The van der Waals surface area contributed by atoms with Gasteiger partial charge in [0.05, 0.1) is 25.4 Å². The van der Waals surface area contributed by atoms with E-state index in [2.05, 4.69) is 19.2 Å². The summed E-state index contributed by atoms with van der Waals surface area (Å²) in [6.07, 6.45) is 79.9. The van der Waals surface area contributed by atoms with E-state index in [0.717, 1.165) is 38.5 Å². The number of carbonyl (C=O) groups excluding carboxylic acids is 2. The quantitative estimate of drug-likeness (QED) is 0.0320. The van der Waals surface area contributed by atoms with Gasteiger partial charge in [-0.2, -0.15) is 0 Å². The van der Waals surface area contributed by atoms with Crippen molar-refractivity contribution in [2.24, 2.45) is 0 Å². The van der Waals surface area contributed by atoms with Crippen LogP contribution in [0.25, 0.3) is 0 Å². The van der Waals surface area contributed by atoms with Gasteiger partial charge in [-0.25, -0.2) is 0 Å². The van der Waals surface area contributed by atoms with Gasteiger partial charge in [0, 0.05) is 12.8 Å². The van der Waals surface area contributed by atoms with Crippen LogP contribution < -0.4 is 5.32 Å². The van der Waals surface area contributed by atoms with Gasteiger partial charge in [0.1, 0.15) is 0 Å². The van der Waals surface area contributed by atoms with Gasteiger partial charge in [0.25, 0.3) is 0 Å². The molecule has 0 saturated carbocycles. The topological polar surface area (TPSA) is 95.9 Å². The molecule has 0 aliphatic rings. The molecule has 0 fully saturated rings. The Morgan fingerprint density at radius 1 is 0.360 bits per heavy atom. The van der Waals surface area contributed by atoms with Gasteiger partial charge in [0.2, 0.25) is 5.91 Å². The number of rotatable bonds is 65. The molecule has 0 spiro atoms. The van der Waals surface area contributed by atoms with Crippen LogP contribution in [-0.4, -0.2) is 47.4 Å². The molecule has 6 heteroatoms. The average Bonchev–Trinajstić information content (AvgIpc) is 3.41. The summed E-state index contributed by atoms with van der Waals surface area (Å²) in [5.41, 5.74) is 0. The second kappa shape index (κ2) is 65.1. The average molecular weight is 1060 g/mol. The van der Waals surface area contributed by atoms with Crippen molar-refractivity contribution < 1.29 is 24.5 Å². The van der Waals surface area contributed by atoms with E-state index >= 15 is 0 Å². The zero-order valence-corrected chi connectivity index (χ0v) is 51.1. The lowest BCUT2D eigenvalue weighted by atomic mass is 10.0. The van der Waals surface area contributed by atoms with Crippen LogP contribution in [0.4, 0.5) is 0 Å². The number of unbranched alkanes of at least 4 members (excludes halogenated alkanes) is 54. The maximum Gasteiger partial charge on any atom is 0.305 e. The number of esters is 1. The third-order valence-corrected chi connectivity index (χ3v) is 16.3. The molecule has 0 aliphatic carbocycles. The molecule has 446 valence electrons. The van der Waals surface area contributed by atoms with Gasteiger partial charge in [-0.3, -0.25) is 9.59 Å². The van der Waals surface area contributed by atoms with Crippen LogP contribution in [0.2, 0.25) is 0 Å². The van der Waals surface area contributed by atoms with Crippen molar-refractivity contribution in [1.29, 1.82) is 0 Å². The molecule has 75 heavy (non-hydrogen) atoms. The van der Waals surface area contributed by atoms with Crippen LogP contribution in [0.15, 0.2) is 12.2 Å². The van der Waals surface area contributed by atoms with Crippen LogP contribution in [0.3, 0.4) is 0 Å². The Kier molecular flexibility index (Phi) is 63.9. The zero-order chi connectivity index (χ0) is 54.3. The maximum absolute atomic E-state index is 12.5. The highest BCUT2D eigenvalue weighted by Crippen LogP contribution is 2.19. The summed E-state index contributed by atoms with van der Waals surface area (Å²) in [7, 11) is 0. The summed E-state index contributed by atoms with van der Waals surface area (Å²) < 4.78 is 5.50. The number of allylic oxidation sites excluding steroid dienone is 1. The van der Waals surface area contributed by atoms with Crippen molar-refractivity contribution in [2.75, 3.05) is 13.2 Å². The summed E-state index contributed by atoms with van der Waals surface area (Å²) in [5, 5.41) is 23.2. The summed E-state index contributed by atoms with van der Waals surface area (Å²) >= 11 is 0. The summed E-state index contributed by atoms with van der Waals surface area (Å²) in [6.45, 7) is 4.95. The van der Waals surface area contributed by atoms with Crippen molar-refractivity contribution in [1.82, 2.24) is 5.32 Å². The summed E-state index contributed by atoms with van der Waals surface area (Å²) in [6, 6.07) is -0.628. The number of amides is 1. The third kappa shape index (κ3) is 61.7. The molecule has 0 aliphatic heterocycles. The number of carbonyl (C=O) groups is 2. The highest BCUT2D eigenvalue weighted by atomic mass is 16.5. The van der Waals surface area contributed by atoms with E-state index in [1.54, 1.807) is 6.08 Å². The standard InChI is InChI=1S/C69H135NO5/c1-3-5-7-9-11-13-15-17-19-21-26-30-33-37-41-45-49-53-57-61-67(72)66(65-71)70-68(73)62-58-54-50-46-42-38-34-31-27-24-22-23-25-28-32-36-40-44-48-52-56-60-64-75-69(74)63-59-55-51-47-43-39-35-29-20-18-16-14-12-10-8-6-4-2/h57,61,66-67,71-72H,3-56,58-60,62-65H2,1-2H3,(H,70,73)/b61-57+. The van der Waals surface area contributed by atoms with Gasteiger partial charge in [-0.05, 0) is 32.1 Å². The molecule has 6 nitrogen and oxygen atoms in total. The van der Waals surface area contributed by atoms with Crippen molar-refractivity contribution >= 4 is 11.9 Å². The van der Waals surface area contributed by atoms with Gasteiger partial charge in [-0.1, -0.05) is 360 Å². The zero-order valence-electron chi connectivity index (χ0n) is 51.1. The first-order valence-electron chi connectivity index (χ1n) is 34.5. The van der Waals surface area contributed by atoms with Crippen molar-refractivity contribution in [3.63, 3.8) is 0 Å². The van der Waals surface area contributed by atoms with Gasteiger partial charge in [-0.15, -0.1) is 0 Å². The second-order valence-corrected chi connectivity index (χ2v) is 23.9. The molecule has 0 radical (unpaired) electrons. The monoisotopic (exact) mass is 1060 g/mol. The molecule has 0 saturated heterocycles. The molecule has 3 N–H and O–H groups in total. The Hall–Kier alpha value is -1.40. The highest BCUT2D eigenvalue weighted by Gasteiger charge is 2.18. The fraction of sp³-hybridized carbons (Fsp3) is 0.942. The lowest BCUT2D eigenvalue weighted by Crippen LogP contribution is -2.45. The normalized spacial score (nSPS) is 12.5. The van der Waals surface area contributed by atoms with Crippen molar-refractivity contribution in [3.05, 3.63) is 12.2 Å². The first kappa shape index (κ1) is 73.6. The number of aliphatic hydroxyl groups excluding tert-OH is 2. The van der Waals surface area contributed by atoms with E-state index in [-0.39, 0.29) is 18.5 Å². The number of nitrogens with one attached hydrogen (secondary N) is 1. The first-order chi connectivity index (χ1) is 37.0. The molecule has 2 atom stereocenters. The minimum atomic E-state index is -0.845. The Labute approximate surface area is 469 Å². The molecular formula is C69H135NO5. The first-order valence-corrected chi connectivity index (χ1v) is 34.5. The maximum atomic E-state index is 12.5. The van der Waals surface area contributed by atoms with E-state index in [4.69, 9.17) is 4.74 Å². The Morgan fingerprint density at radius 3 is 0.907 bits per heavy atom. The predicted octanol–water partition coefficient (Wildman–Crippen LogP) is 22.0. The Balaban J connectivity index is 3.38. The molecule has 0 aromatic rings. The minimum Gasteiger partial charge on any atom is -0.466 e. The largest absolute Gasteiger partial charge is 0.466 e. The molecule has 0 rings (SSSR count). The molecular weight excluding hydrogens is 923 g/mol. The molecule has 2 unspecified atom stereocenters. The van der Waals surface area contributed by atoms with Crippen molar-refractivity contribution in [3.8, 4) is 0 Å². The van der Waals surface area contributed by atoms with E-state index in [0.29, 0.717) is 19.4 Å². The smallest absolute Gasteiger partial charge is 0.305 e. The number of hydrogen-bond acceptors (Lipinski definition) is 5. The van der Waals surface area contributed by atoms with Crippen LogP contribution in [0.1, 0.15) is 393 Å². The molecule has 1 amide bonds. The summed E-state index contributed by atoms with van der Waals surface area (Å²) in [5.74, 6) is -0.0463. The minimum absolute atomic E-state index is 0.0177. The molecule has 0 heterocycles. The predicted molar refractivity (Wildman–Crippen MR) is 329 cm³/mol. The van der Waals surface area contributed by atoms with Gasteiger partial charge < -0.3 is 20.3 Å². The van der Waals surface area contributed by atoms with E-state index in [1.165, 1.54) is 327 Å². The van der Waals surface area contributed by atoms with Crippen molar-refractivity contribution in [2.45, 2.75) is 405 Å². The van der Waals surface area contributed by atoms with E-state index in [1.807, 2.05) is 6.08 Å². The second-order valence-electron chi connectivity index (χ2n) is 23.9. The lowest BCUT2D eigenvalue weighted by molar-refractivity contribution is -0.143. The van der Waals surface area contributed by atoms with Crippen LogP contribution in [0.5, 0.6) is 0 Å². The van der Waals surface area contributed by atoms with Crippen LogP contribution >= 0.6 is 0 Å². The third-order valence-electron chi connectivity index (χ3n) is 16.3. The summed E-state index contributed by atoms with van der Waals surface area (Å²) in [4.78, 5) is 24.6. The highest BCUT2D eigenvalue weighted by molar-refractivity contribution is 5.76. The Morgan fingerprint density at radius 2 is 0.613 bits per heavy atom. The Bertz CT molecular complexity index is 1130. The van der Waals surface area contributed by atoms with E-state index < -0.39 is 12.1 Å². The number of ether oxygens (including phenoxy) is 1. The number of aliphatic hydroxyl groups is 2. The van der Waals surface area contributed by atoms with Gasteiger partial charge >= 0.3 is 5.97 Å². The molecule has 0 aromatic carbocycles. The van der Waals surface area contributed by atoms with Gasteiger partial charge in [0.15, 0.2) is 0 Å². The molecule has 0 aromatic heterocycles. The fourth-order valence-electron chi connectivity index (χ4n) is 11.1. The SMILES string of the molecule is CCCCCCCCCCCCCCCCCCC/C=C/C(O)C(CO)NC(=O)CCCCCCCCCCCCCCCCCCCCCCCCOC(=O)CCCCCCCCCCCCCCCCCCC. The van der Waals surface area contributed by atoms with E-state index in [9.17, 15) is 19.8 Å². The van der Waals surface area contributed by atoms with Crippen LogP contribution in [0, 0.1) is 0 Å². The fourth-order valence-corrected chi connectivity index (χ4v) is 11.1.